The quantitative estimate of drug-likeness (QED) is 0.659. The maximum Gasteiger partial charge on any atom is 0.319 e. The second-order valence-corrected chi connectivity index (χ2v) is 6.21. The average molecular weight is 361 g/mol. The van der Waals surface area contributed by atoms with Crippen molar-refractivity contribution in [2.45, 2.75) is 24.5 Å². The maximum atomic E-state index is 12.2. The Kier molecular flexibility index (Phi) is 6.88. The Hall–Kier alpha value is -2.48. The van der Waals surface area contributed by atoms with Gasteiger partial charge in [-0.3, -0.25) is 4.79 Å². The minimum Gasteiger partial charge on any atom is -0.359 e. The lowest BCUT2D eigenvalue weighted by Crippen LogP contribution is -2.29. The van der Waals surface area contributed by atoms with Crippen molar-refractivity contribution in [2.75, 3.05) is 18.6 Å². The van der Waals surface area contributed by atoms with Crippen molar-refractivity contribution in [1.29, 1.82) is 0 Å². The molecule has 1 heterocycles. The third-order valence-corrected chi connectivity index (χ3v) is 4.56. The Morgan fingerprint density at radius 3 is 2.72 bits per heavy atom. The van der Waals surface area contributed by atoms with Crippen LogP contribution in [0.15, 0.2) is 35.6 Å². The summed E-state index contributed by atoms with van der Waals surface area (Å²) < 4.78 is 1.95. The number of hydrogen-bond acceptors (Lipinski definition) is 4. The number of hydrogen-bond donors (Lipinski definition) is 3. The highest BCUT2D eigenvalue weighted by Crippen LogP contribution is 2.17. The predicted molar refractivity (Wildman–Crippen MR) is 99.7 cm³/mol. The smallest absolute Gasteiger partial charge is 0.319 e. The number of carbonyl (C=O) groups is 2. The molecule has 0 aliphatic carbocycles. The Labute approximate surface area is 151 Å². The van der Waals surface area contributed by atoms with Gasteiger partial charge in [-0.25, -0.2) is 9.78 Å². The first-order valence-electron chi connectivity index (χ1n) is 7.93. The highest BCUT2D eigenvalue weighted by molar-refractivity contribution is 7.98. The van der Waals surface area contributed by atoms with Gasteiger partial charge in [-0.1, -0.05) is 30.0 Å². The lowest BCUT2D eigenvalue weighted by atomic mass is 10.1. The second kappa shape index (κ2) is 9.12. The van der Waals surface area contributed by atoms with Crippen molar-refractivity contribution in [3.8, 4) is 0 Å². The molecule has 0 saturated heterocycles. The third kappa shape index (κ3) is 5.25. The fourth-order valence-corrected chi connectivity index (χ4v) is 2.90. The number of carbonyl (C=O) groups excluding carboxylic acids is 2. The Morgan fingerprint density at radius 1 is 1.28 bits per heavy atom. The first-order valence-corrected chi connectivity index (χ1v) is 9.15. The Morgan fingerprint density at radius 2 is 2.04 bits per heavy atom. The van der Waals surface area contributed by atoms with Gasteiger partial charge in [-0.05, 0) is 24.3 Å². The molecule has 0 bridgehead atoms. The van der Waals surface area contributed by atoms with E-state index < -0.39 is 0 Å². The van der Waals surface area contributed by atoms with Crippen molar-refractivity contribution in [3.63, 3.8) is 0 Å². The molecule has 0 aliphatic rings. The van der Waals surface area contributed by atoms with Crippen LogP contribution in [0, 0.1) is 0 Å². The van der Waals surface area contributed by atoms with E-state index in [-0.39, 0.29) is 11.9 Å². The first-order chi connectivity index (χ1) is 12.0. The van der Waals surface area contributed by atoms with E-state index in [0.717, 1.165) is 16.4 Å². The predicted octanol–water partition coefficient (Wildman–Crippen LogP) is 2.14. The third-order valence-electron chi connectivity index (χ3n) is 3.82. The standard InChI is InChI=1S/C17H23N5O2S/c1-18-15(23)9-8-12-6-4-5-7-14(12)21-16(24)19-10-13-11-20-17(25-3)22(13)2/h4-7,11H,8-10H2,1-3H3,(H,18,23)(H2,19,21,24). The summed E-state index contributed by atoms with van der Waals surface area (Å²) in [5.74, 6) is -0.0277. The van der Waals surface area contributed by atoms with Crippen molar-refractivity contribution >= 4 is 29.4 Å². The van der Waals surface area contributed by atoms with E-state index in [9.17, 15) is 9.59 Å². The van der Waals surface area contributed by atoms with E-state index >= 15 is 0 Å². The fourth-order valence-electron chi connectivity index (χ4n) is 2.35. The minimum absolute atomic E-state index is 0.0277. The second-order valence-electron chi connectivity index (χ2n) is 5.43. The monoisotopic (exact) mass is 361 g/mol. The SMILES string of the molecule is CNC(=O)CCc1ccccc1NC(=O)NCc1cnc(SC)n1C. The summed E-state index contributed by atoms with van der Waals surface area (Å²) >= 11 is 1.56. The topological polar surface area (TPSA) is 88.1 Å². The Balaban J connectivity index is 1.93. The molecule has 0 radical (unpaired) electrons. The number of urea groups is 1. The van der Waals surface area contributed by atoms with Crippen LogP contribution in [0.3, 0.4) is 0 Å². The summed E-state index contributed by atoms with van der Waals surface area (Å²) in [6, 6.07) is 7.19. The summed E-state index contributed by atoms with van der Waals surface area (Å²) in [4.78, 5) is 27.9. The van der Waals surface area contributed by atoms with Gasteiger partial charge < -0.3 is 20.5 Å². The van der Waals surface area contributed by atoms with Gasteiger partial charge in [0.25, 0.3) is 0 Å². The summed E-state index contributed by atoms with van der Waals surface area (Å²) in [6.45, 7) is 0.385. The molecule has 0 atom stereocenters. The highest BCUT2D eigenvalue weighted by Gasteiger charge is 2.10. The molecule has 1 aromatic carbocycles. The van der Waals surface area contributed by atoms with Gasteiger partial charge in [0.2, 0.25) is 5.91 Å². The number of aromatic nitrogens is 2. The molecule has 0 saturated carbocycles. The number of nitrogens with one attached hydrogen (secondary N) is 3. The molecule has 0 aliphatic heterocycles. The summed E-state index contributed by atoms with van der Waals surface area (Å²) in [7, 11) is 3.53. The molecular formula is C17H23N5O2S. The molecule has 25 heavy (non-hydrogen) atoms. The van der Waals surface area contributed by atoms with Gasteiger partial charge in [0.15, 0.2) is 5.16 Å². The molecule has 8 heteroatoms. The van der Waals surface area contributed by atoms with Crippen LogP contribution in [-0.4, -0.2) is 34.8 Å². The number of anilines is 1. The van der Waals surface area contributed by atoms with Crippen LogP contribution in [0.2, 0.25) is 0 Å². The van der Waals surface area contributed by atoms with Crippen molar-refractivity contribution < 1.29 is 9.59 Å². The van der Waals surface area contributed by atoms with E-state index in [1.807, 2.05) is 42.1 Å². The van der Waals surface area contributed by atoms with E-state index in [1.165, 1.54) is 0 Å². The van der Waals surface area contributed by atoms with Gasteiger partial charge in [-0.15, -0.1) is 0 Å². The number of amides is 3. The van der Waals surface area contributed by atoms with Crippen LogP contribution in [0.5, 0.6) is 0 Å². The molecule has 1 aromatic heterocycles. The molecule has 3 N–H and O–H groups in total. The van der Waals surface area contributed by atoms with Crippen LogP contribution >= 0.6 is 11.8 Å². The minimum atomic E-state index is -0.292. The number of rotatable bonds is 7. The van der Waals surface area contributed by atoms with Gasteiger partial charge in [0.05, 0.1) is 18.4 Å². The van der Waals surface area contributed by atoms with Crippen LogP contribution < -0.4 is 16.0 Å². The first kappa shape index (κ1) is 18.9. The number of benzene rings is 1. The van der Waals surface area contributed by atoms with Crippen LogP contribution in [-0.2, 0) is 24.8 Å². The average Bonchev–Trinajstić information content (AvgIpc) is 2.98. The van der Waals surface area contributed by atoms with Gasteiger partial charge in [0.1, 0.15) is 0 Å². The Bertz CT molecular complexity index is 744. The lowest BCUT2D eigenvalue weighted by Gasteiger charge is -2.12. The zero-order valence-corrected chi connectivity index (χ0v) is 15.4. The van der Waals surface area contributed by atoms with Gasteiger partial charge >= 0.3 is 6.03 Å². The normalized spacial score (nSPS) is 10.4. The number of imidazole rings is 1. The number of aryl methyl sites for hydroxylation is 1. The number of para-hydroxylation sites is 1. The van der Waals surface area contributed by atoms with Gasteiger partial charge in [-0.2, -0.15) is 0 Å². The van der Waals surface area contributed by atoms with Crippen molar-refractivity contribution in [3.05, 3.63) is 41.7 Å². The van der Waals surface area contributed by atoms with Crippen LogP contribution in [0.1, 0.15) is 17.7 Å². The maximum absolute atomic E-state index is 12.2. The van der Waals surface area contributed by atoms with E-state index in [2.05, 4.69) is 20.9 Å². The number of nitrogens with zero attached hydrogens (tertiary/aromatic N) is 2. The highest BCUT2D eigenvalue weighted by atomic mass is 32.2. The molecule has 7 nitrogen and oxygen atoms in total. The molecule has 0 unspecified atom stereocenters. The summed E-state index contributed by atoms with van der Waals surface area (Å²) in [5.41, 5.74) is 2.55. The summed E-state index contributed by atoms with van der Waals surface area (Å²) in [6.07, 6.45) is 4.66. The summed E-state index contributed by atoms with van der Waals surface area (Å²) in [5, 5.41) is 9.17. The molecular weight excluding hydrogens is 338 g/mol. The van der Waals surface area contributed by atoms with Crippen LogP contribution in [0.4, 0.5) is 10.5 Å². The largest absolute Gasteiger partial charge is 0.359 e. The van der Waals surface area contributed by atoms with Crippen molar-refractivity contribution in [2.24, 2.45) is 7.05 Å². The molecule has 2 rings (SSSR count). The molecule has 134 valence electrons. The zero-order valence-electron chi connectivity index (χ0n) is 14.6. The molecule has 3 amide bonds. The van der Waals surface area contributed by atoms with E-state index in [0.29, 0.717) is 25.1 Å². The van der Waals surface area contributed by atoms with E-state index in [1.54, 1.807) is 25.0 Å². The van der Waals surface area contributed by atoms with Crippen LogP contribution in [0.25, 0.3) is 0 Å². The lowest BCUT2D eigenvalue weighted by molar-refractivity contribution is -0.120. The number of thioether (sulfide) groups is 1. The fraction of sp³-hybridized carbons (Fsp3) is 0.353. The zero-order chi connectivity index (χ0) is 18.2. The molecule has 2 aromatic rings. The molecule has 0 spiro atoms. The van der Waals surface area contributed by atoms with E-state index in [4.69, 9.17) is 0 Å². The van der Waals surface area contributed by atoms with Gasteiger partial charge in [0, 0.05) is 26.2 Å². The van der Waals surface area contributed by atoms with Crippen molar-refractivity contribution in [1.82, 2.24) is 20.2 Å². The molecule has 0 fully saturated rings.